The molecule has 0 saturated carbocycles. The Bertz CT molecular complexity index is 2790. The van der Waals surface area contributed by atoms with Gasteiger partial charge in [0, 0.05) is 57.4 Å². The standard InChI is InChI=1S/C48H31NS2/c1-4-12-32(13-5-1)36-26-37(33-14-6-2-7-15-33)28-40(27-36)49(38-16-8-3-9-17-38)39-22-25-47-44(31-39)43-29-34(21-24-46(43)50-47)35-20-23-42-41-18-10-11-19-45(41)51-48(42)30-35/h1-31H. The van der Waals surface area contributed by atoms with Crippen LogP contribution in [0.4, 0.5) is 17.1 Å². The Kier molecular flexibility index (Phi) is 7.26. The van der Waals surface area contributed by atoms with E-state index in [4.69, 9.17) is 0 Å². The SMILES string of the molecule is c1ccc(-c2cc(-c3ccccc3)cc(N(c3ccccc3)c3ccc4sc5ccc(-c6ccc7c(c6)sc6ccccc67)cc5c4c3)c2)cc1. The average Bonchev–Trinajstić information content (AvgIpc) is 3.76. The fourth-order valence-corrected chi connectivity index (χ4v) is 9.56. The summed E-state index contributed by atoms with van der Waals surface area (Å²) in [5.41, 5.74) is 10.7. The molecule has 0 amide bonds. The van der Waals surface area contributed by atoms with Gasteiger partial charge in [-0.1, -0.05) is 115 Å². The lowest BCUT2D eigenvalue weighted by molar-refractivity contribution is 1.29. The third kappa shape index (κ3) is 5.39. The predicted molar refractivity (Wildman–Crippen MR) is 223 cm³/mol. The van der Waals surface area contributed by atoms with Gasteiger partial charge in [-0.2, -0.15) is 0 Å². The number of nitrogens with zero attached hydrogens (tertiary/aromatic N) is 1. The Morgan fingerprint density at radius 1 is 0.255 bits per heavy atom. The molecule has 0 aliphatic carbocycles. The molecule has 240 valence electrons. The second kappa shape index (κ2) is 12.4. The number of rotatable bonds is 6. The molecule has 0 unspecified atom stereocenters. The van der Waals surface area contributed by atoms with Crippen LogP contribution in [0.5, 0.6) is 0 Å². The van der Waals surface area contributed by atoms with Gasteiger partial charge in [0.15, 0.2) is 0 Å². The zero-order valence-electron chi connectivity index (χ0n) is 27.7. The van der Waals surface area contributed by atoms with Gasteiger partial charge in [-0.3, -0.25) is 0 Å². The maximum Gasteiger partial charge on any atom is 0.0473 e. The normalized spacial score (nSPS) is 11.5. The molecule has 0 spiro atoms. The minimum Gasteiger partial charge on any atom is -0.310 e. The zero-order chi connectivity index (χ0) is 33.7. The van der Waals surface area contributed by atoms with Gasteiger partial charge in [-0.25, -0.2) is 0 Å². The highest BCUT2D eigenvalue weighted by Gasteiger charge is 2.18. The first-order valence-electron chi connectivity index (χ1n) is 17.2. The Labute approximate surface area is 304 Å². The van der Waals surface area contributed by atoms with Crippen molar-refractivity contribution >= 4 is 80.1 Å². The molecular formula is C48H31NS2. The fraction of sp³-hybridized carbons (Fsp3) is 0. The molecule has 10 rings (SSSR count). The van der Waals surface area contributed by atoms with E-state index in [9.17, 15) is 0 Å². The first-order chi connectivity index (χ1) is 25.2. The number of thiophene rings is 2. The largest absolute Gasteiger partial charge is 0.310 e. The number of hydrogen-bond acceptors (Lipinski definition) is 3. The van der Waals surface area contributed by atoms with Crippen molar-refractivity contribution in [2.75, 3.05) is 4.90 Å². The predicted octanol–water partition coefficient (Wildman–Crippen LogP) is 14.9. The monoisotopic (exact) mass is 685 g/mol. The summed E-state index contributed by atoms with van der Waals surface area (Å²) in [5.74, 6) is 0. The lowest BCUT2D eigenvalue weighted by Crippen LogP contribution is -2.10. The highest BCUT2D eigenvalue weighted by molar-refractivity contribution is 7.26. The van der Waals surface area contributed by atoms with Crippen molar-refractivity contribution in [2.24, 2.45) is 0 Å². The molecule has 0 radical (unpaired) electrons. The Morgan fingerprint density at radius 2 is 0.784 bits per heavy atom. The first-order valence-corrected chi connectivity index (χ1v) is 18.9. The van der Waals surface area contributed by atoms with Crippen LogP contribution >= 0.6 is 22.7 Å². The van der Waals surface area contributed by atoms with E-state index in [2.05, 4.69) is 193 Å². The van der Waals surface area contributed by atoms with Crippen LogP contribution in [-0.4, -0.2) is 0 Å². The molecule has 51 heavy (non-hydrogen) atoms. The van der Waals surface area contributed by atoms with Gasteiger partial charge in [0.1, 0.15) is 0 Å². The molecule has 8 aromatic carbocycles. The molecule has 0 N–H and O–H groups in total. The molecule has 2 heterocycles. The Hall–Kier alpha value is -6.00. The van der Waals surface area contributed by atoms with Gasteiger partial charge >= 0.3 is 0 Å². The molecule has 0 aliphatic rings. The van der Waals surface area contributed by atoms with Crippen molar-refractivity contribution in [3.05, 3.63) is 188 Å². The third-order valence-electron chi connectivity index (χ3n) is 9.83. The van der Waals surface area contributed by atoms with Crippen LogP contribution < -0.4 is 4.90 Å². The van der Waals surface area contributed by atoms with Crippen LogP contribution in [0.15, 0.2) is 188 Å². The van der Waals surface area contributed by atoms with Crippen LogP contribution in [-0.2, 0) is 0 Å². The second-order valence-corrected chi connectivity index (χ2v) is 15.1. The van der Waals surface area contributed by atoms with E-state index < -0.39 is 0 Å². The number of anilines is 3. The summed E-state index contributed by atoms with van der Waals surface area (Å²) in [6.07, 6.45) is 0. The summed E-state index contributed by atoms with van der Waals surface area (Å²) in [6, 6.07) is 68.7. The van der Waals surface area contributed by atoms with Gasteiger partial charge < -0.3 is 4.90 Å². The minimum atomic E-state index is 1.12. The topological polar surface area (TPSA) is 3.24 Å². The van der Waals surface area contributed by atoms with Crippen molar-refractivity contribution < 1.29 is 0 Å². The van der Waals surface area contributed by atoms with Crippen LogP contribution in [0.1, 0.15) is 0 Å². The zero-order valence-corrected chi connectivity index (χ0v) is 29.3. The van der Waals surface area contributed by atoms with Crippen molar-refractivity contribution in [3.63, 3.8) is 0 Å². The van der Waals surface area contributed by atoms with E-state index in [-0.39, 0.29) is 0 Å². The highest BCUT2D eigenvalue weighted by Crippen LogP contribution is 2.44. The maximum absolute atomic E-state index is 2.40. The van der Waals surface area contributed by atoms with E-state index in [1.807, 2.05) is 22.7 Å². The molecule has 0 bridgehead atoms. The lowest BCUT2D eigenvalue weighted by atomic mass is 9.97. The van der Waals surface area contributed by atoms with Gasteiger partial charge in [-0.05, 0) is 106 Å². The molecule has 3 heteroatoms. The third-order valence-corrected chi connectivity index (χ3v) is 12.1. The summed E-state index contributed by atoms with van der Waals surface area (Å²) in [4.78, 5) is 2.40. The van der Waals surface area contributed by atoms with Crippen molar-refractivity contribution in [1.29, 1.82) is 0 Å². The second-order valence-electron chi connectivity index (χ2n) is 13.0. The molecule has 2 aromatic heterocycles. The lowest BCUT2D eigenvalue weighted by Gasteiger charge is -2.27. The van der Waals surface area contributed by atoms with Crippen LogP contribution in [0.3, 0.4) is 0 Å². The van der Waals surface area contributed by atoms with E-state index in [1.165, 1.54) is 73.7 Å². The summed E-state index contributed by atoms with van der Waals surface area (Å²) in [7, 11) is 0. The van der Waals surface area contributed by atoms with E-state index in [0.29, 0.717) is 0 Å². The highest BCUT2D eigenvalue weighted by atomic mass is 32.1. The summed E-state index contributed by atoms with van der Waals surface area (Å²) >= 11 is 3.74. The van der Waals surface area contributed by atoms with Crippen molar-refractivity contribution in [2.45, 2.75) is 0 Å². The van der Waals surface area contributed by atoms with Crippen molar-refractivity contribution in [1.82, 2.24) is 0 Å². The summed E-state index contributed by atoms with van der Waals surface area (Å²) in [5, 5.41) is 5.24. The molecule has 0 aliphatic heterocycles. The number of benzene rings is 8. The molecule has 0 atom stereocenters. The van der Waals surface area contributed by atoms with Gasteiger partial charge in [-0.15, -0.1) is 22.7 Å². The Morgan fingerprint density at radius 3 is 1.51 bits per heavy atom. The van der Waals surface area contributed by atoms with Crippen LogP contribution in [0, 0.1) is 0 Å². The number of fused-ring (bicyclic) bond motifs is 6. The fourth-order valence-electron chi connectivity index (χ4n) is 7.35. The molecule has 0 fully saturated rings. The number of hydrogen-bond donors (Lipinski definition) is 0. The van der Waals surface area contributed by atoms with Gasteiger partial charge in [0.2, 0.25) is 0 Å². The molecular weight excluding hydrogens is 655 g/mol. The van der Waals surface area contributed by atoms with Crippen LogP contribution in [0.25, 0.3) is 73.7 Å². The van der Waals surface area contributed by atoms with E-state index in [1.54, 1.807) is 0 Å². The van der Waals surface area contributed by atoms with Gasteiger partial charge in [0.05, 0.1) is 0 Å². The van der Waals surface area contributed by atoms with Gasteiger partial charge in [0.25, 0.3) is 0 Å². The average molecular weight is 686 g/mol. The van der Waals surface area contributed by atoms with E-state index in [0.717, 1.165) is 17.1 Å². The van der Waals surface area contributed by atoms with Crippen molar-refractivity contribution in [3.8, 4) is 33.4 Å². The maximum atomic E-state index is 2.40. The first kappa shape index (κ1) is 29.9. The molecule has 1 nitrogen and oxygen atoms in total. The van der Waals surface area contributed by atoms with E-state index >= 15 is 0 Å². The summed E-state index contributed by atoms with van der Waals surface area (Å²) < 4.78 is 5.27. The summed E-state index contributed by atoms with van der Waals surface area (Å²) in [6.45, 7) is 0. The number of para-hydroxylation sites is 1. The molecule has 10 aromatic rings. The van der Waals surface area contributed by atoms with Crippen LogP contribution in [0.2, 0.25) is 0 Å². The smallest absolute Gasteiger partial charge is 0.0473 e. The molecule has 0 saturated heterocycles. The Balaban J connectivity index is 1.14. The quantitative estimate of drug-likeness (QED) is 0.168. The minimum absolute atomic E-state index is 1.12.